The van der Waals surface area contributed by atoms with Crippen molar-refractivity contribution in [1.82, 2.24) is 5.32 Å². The van der Waals surface area contributed by atoms with Crippen molar-refractivity contribution < 1.29 is 14.3 Å². The maximum atomic E-state index is 12.4. The standard InChI is InChI=1S/C23H28N2O3/c1-3-16(2)24-23(27)20-10-6-7-11-21(20)25-22(26)15-28-19-13-12-17-8-4-5-9-18(17)14-19/h6-7,10-14,16H,3-5,8-9,15H2,1-2H3,(H,24,27)(H,25,26). The molecule has 0 saturated heterocycles. The Morgan fingerprint density at radius 3 is 2.61 bits per heavy atom. The van der Waals surface area contributed by atoms with Gasteiger partial charge in [0, 0.05) is 6.04 Å². The molecule has 0 fully saturated rings. The van der Waals surface area contributed by atoms with Gasteiger partial charge in [-0.25, -0.2) is 0 Å². The minimum absolute atomic E-state index is 0.0728. The van der Waals surface area contributed by atoms with E-state index in [1.165, 1.54) is 24.0 Å². The fraction of sp³-hybridized carbons (Fsp3) is 0.391. The number of hydrogen-bond acceptors (Lipinski definition) is 3. The Kier molecular flexibility index (Phi) is 6.69. The van der Waals surface area contributed by atoms with E-state index in [0.717, 1.165) is 19.3 Å². The molecule has 2 N–H and O–H groups in total. The minimum atomic E-state index is -0.290. The van der Waals surface area contributed by atoms with Crippen molar-refractivity contribution in [2.45, 2.75) is 52.0 Å². The number of para-hydroxylation sites is 1. The molecule has 5 heteroatoms. The summed E-state index contributed by atoms with van der Waals surface area (Å²) in [4.78, 5) is 24.8. The molecule has 2 aromatic rings. The lowest BCUT2D eigenvalue weighted by molar-refractivity contribution is -0.118. The highest BCUT2D eigenvalue weighted by atomic mass is 16.5. The summed E-state index contributed by atoms with van der Waals surface area (Å²) < 4.78 is 5.68. The van der Waals surface area contributed by atoms with Gasteiger partial charge in [0.1, 0.15) is 5.75 Å². The van der Waals surface area contributed by atoms with Gasteiger partial charge in [0.05, 0.1) is 11.3 Å². The predicted molar refractivity (Wildman–Crippen MR) is 111 cm³/mol. The number of amides is 2. The molecular weight excluding hydrogens is 352 g/mol. The molecule has 1 aliphatic rings. The van der Waals surface area contributed by atoms with Gasteiger partial charge in [-0.3, -0.25) is 9.59 Å². The highest BCUT2D eigenvalue weighted by molar-refractivity contribution is 6.04. The summed E-state index contributed by atoms with van der Waals surface area (Å²) in [5, 5.41) is 5.72. The summed E-state index contributed by atoms with van der Waals surface area (Å²) in [6.45, 7) is 3.86. The van der Waals surface area contributed by atoms with Gasteiger partial charge in [-0.05, 0) is 74.4 Å². The molecule has 0 spiro atoms. The number of nitrogens with one attached hydrogen (secondary N) is 2. The van der Waals surface area contributed by atoms with Gasteiger partial charge in [-0.2, -0.15) is 0 Å². The first kappa shape index (κ1) is 19.9. The molecule has 28 heavy (non-hydrogen) atoms. The summed E-state index contributed by atoms with van der Waals surface area (Å²) in [5.41, 5.74) is 3.63. The predicted octanol–water partition coefficient (Wildman–Crippen LogP) is 4.11. The second kappa shape index (κ2) is 9.40. The lowest BCUT2D eigenvalue weighted by Crippen LogP contribution is -2.33. The number of benzene rings is 2. The molecular formula is C23H28N2O3. The van der Waals surface area contributed by atoms with E-state index in [1.54, 1.807) is 24.3 Å². The van der Waals surface area contributed by atoms with Crippen molar-refractivity contribution in [1.29, 1.82) is 0 Å². The number of anilines is 1. The van der Waals surface area contributed by atoms with Crippen molar-refractivity contribution in [2.24, 2.45) is 0 Å². The third-order valence-electron chi connectivity index (χ3n) is 5.13. The van der Waals surface area contributed by atoms with Crippen molar-refractivity contribution in [3.8, 4) is 5.75 Å². The van der Waals surface area contributed by atoms with Gasteiger partial charge in [0.15, 0.2) is 6.61 Å². The van der Waals surface area contributed by atoms with Gasteiger partial charge in [0.2, 0.25) is 0 Å². The maximum Gasteiger partial charge on any atom is 0.262 e. The van der Waals surface area contributed by atoms with Crippen LogP contribution in [0.5, 0.6) is 5.75 Å². The van der Waals surface area contributed by atoms with E-state index in [9.17, 15) is 9.59 Å². The first-order valence-electron chi connectivity index (χ1n) is 10.0. The normalized spacial score (nSPS) is 13.9. The largest absolute Gasteiger partial charge is 0.484 e. The first-order valence-corrected chi connectivity index (χ1v) is 10.0. The molecule has 3 rings (SSSR count). The van der Waals surface area contributed by atoms with Crippen molar-refractivity contribution in [2.75, 3.05) is 11.9 Å². The molecule has 0 bridgehead atoms. The van der Waals surface area contributed by atoms with Crippen LogP contribution in [0.2, 0.25) is 0 Å². The third kappa shape index (κ3) is 5.12. The van der Waals surface area contributed by atoms with Gasteiger partial charge in [0.25, 0.3) is 11.8 Å². The topological polar surface area (TPSA) is 67.4 Å². The SMILES string of the molecule is CCC(C)NC(=O)c1ccccc1NC(=O)COc1ccc2c(c1)CCCC2. The summed E-state index contributed by atoms with van der Waals surface area (Å²) in [7, 11) is 0. The van der Waals surface area contributed by atoms with Gasteiger partial charge >= 0.3 is 0 Å². The number of hydrogen-bond donors (Lipinski definition) is 2. The van der Waals surface area contributed by atoms with Crippen LogP contribution in [0.1, 0.15) is 54.6 Å². The quantitative estimate of drug-likeness (QED) is 0.760. The highest BCUT2D eigenvalue weighted by Gasteiger charge is 2.15. The molecule has 2 amide bonds. The molecule has 0 radical (unpaired) electrons. The van der Waals surface area contributed by atoms with Crippen LogP contribution in [0.15, 0.2) is 42.5 Å². The van der Waals surface area contributed by atoms with E-state index in [4.69, 9.17) is 4.74 Å². The summed E-state index contributed by atoms with van der Waals surface area (Å²) in [5.74, 6) is 0.223. The van der Waals surface area contributed by atoms with E-state index < -0.39 is 0 Å². The fourth-order valence-corrected chi connectivity index (χ4v) is 3.33. The third-order valence-corrected chi connectivity index (χ3v) is 5.13. The molecule has 0 aromatic heterocycles. The van der Waals surface area contributed by atoms with Gasteiger partial charge in [-0.1, -0.05) is 25.1 Å². The van der Waals surface area contributed by atoms with Crippen LogP contribution in [-0.4, -0.2) is 24.5 Å². The number of fused-ring (bicyclic) bond motifs is 1. The average Bonchev–Trinajstić information content (AvgIpc) is 2.72. The zero-order valence-electron chi connectivity index (χ0n) is 16.6. The van der Waals surface area contributed by atoms with Gasteiger partial charge in [-0.15, -0.1) is 0 Å². The van der Waals surface area contributed by atoms with Crippen molar-refractivity contribution in [3.05, 3.63) is 59.2 Å². The molecule has 148 valence electrons. The first-order chi connectivity index (χ1) is 13.6. The van der Waals surface area contributed by atoms with Crippen LogP contribution in [0.4, 0.5) is 5.69 Å². The second-order valence-corrected chi connectivity index (χ2v) is 7.30. The molecule has 1 unspecified atom stereocenters. The van der Waals surface area contributed by atoms with Crippen molar-refractivity contribution >= 4 is 17.5 Å². The minimum Gasteiger partial charge on any atom is -0.484 e. The molecule has 0 aliphatic heterocycles. The second-order valence-electron chi connectivity index (χ2n) is 7.30. The van der Waals surface area contributed by atoms with Crippen LogP contribution < -0.4 is 15.4 Å². The molecule has 5 nitrogen and oxygen atoms in total. The lowest BCUT2D eigenvalue weighted by Gasteiger charge is -2.17. The van der Waals surface area contributed by atoms with Crippen molar-refractivity contribution in [3.63, 3.8) is 0 Å². The lowest BCUT2D eigenvalue weighted by atomic mass is 9.92. The summed E-state index contributed by atoms with van der Waals surface area (Å²) in [6.07, 6.45) is 5.46. The molecule has 1 atom stereocenters. The number of ether oxygens (including phenoxy) is 1. The van der Waals surface area contributed by atoms with Crippen LogP contribution >= 0.6 is 0 Å². The van der Waals surface area contributed by atoms with Crippen LogP contribution in [-0.2, 0) is 17.6 Å². The van der Waals surface area contributed by atoms with Crippen LogP contribution in [0.25, 0.3) is 0 Å². The Balaban J connectivity index is 1.60. The smallest absolute Gasteiger partial charge is 0.262 e. The number of carbonyl (C=O) groups is 2. The molecule has 1 aliphatic carbocycles. The average molecular weight is 380 g/mol. The molecule has 0 heterocycles. The Hall–Kier alpha value is -2.82. The van der Waals surface area contributed by atoms with E-state index in [1.807, 2.05) is 26.0 Å². The Morgan fingerprint density at radius 2 is 1.82 bits per heavy atom. The van der Waals surface area contributed by atoms with E-state index in [2.05, 4.69) is 16.7 Å². The zero-order valence-corrected chi connectivity index (χ0v) is 16.6. The van der Waals surface area contributed by atoms with E-state index in [-0.39, 0.29) is 24.5 Å². The Labute approximate surface area is 166 Å². The van der Waals surface area contributed by atoms with E-state index >= 15 is 0 Å². The van der Waals surface area contributed by atoms with Crippen LogP contribution in [0, 0.1) is 0 Å². The molecule has 0 saturated carbocycles. The zero-order chi connectivity index (χ0) is 19.9. The van der Waals surface area contributed by atoms with Gasteiger partial charge < -0.3 is 15.4 Å². The monoisotopic (exact) mass is 380 g/mol. The van der Waals surface area contributed by atoms with E-state index in [0.29, 0.717) is 17.0 Å². The maximum absolute atomic E-state index is 12.4. The number of rotatable bonds is 7. The highest BCUT2D eigenvalue weighted by Crippen LogP contribution is 2.25. The summed E-state index contributed by atoms with van der Waals surface area (Å²) >= 11 is 0. The van der Waals surface area contributed by atoms with Crippen LogP contribution in [0.3, 0.4) is 0 Å². The Bertz CT molecular complexity index is 847. The fourth-order valence-electron chi connectivity index (χ4n) is 3.33. The summed E-state index contributed by atoms with van der Waals surface area (Å²) in [6, 6.07) is 13.1. The Morgan fingerprint density at radius 1 is 1.07 bits per heavy atom. The number of carbonyl (C=O) groups excluding carboxylic acids is 2. The number of aryl methyl sites for hydroxylation is 2. The molecule has 2 aromatic carbocycles.